The van der Waals surface area contributed by atoms with E-state index in [0.29, 0.717) is 16.5 Å². The van der Waals surface area contributed by atoms with Crippen LogP contribution in [0.3, 0.4) is 0 Å². The summed E-state index contributed by atoms with van der Waals surface area (Å²) in [7, 11) is 0. The van der Waals surface area contributed by atoms with Gasteiger partial charge in [-0.2, -0.15) is 0 Å². The Labute approximate surface area is 124 Å². The first kappa shape index (κ1) is 15.7. The first-order valence-corrected chi connectivity index (χ1v) is 7.62. The average molecular weight is 302 g/mol. The van der Waals surface area contributed by atoms with Gasteiger partial charge in [0.2, 0.25) is 0 Å². The molecule has 0 aliphatic heterocycles. The van der Waals surface area contributed by atoms with Crippen LogP contribution in [0.4, 0.5) is 8.78 Å². The van der Waals surface area contributed by atoms with Gasteiger partial charge in [0, 0.05) is 11.1 Å². The van der Waals surface area contributed by atoms with Gasteiger partial charge in [-0.15, -0.1) is 0 Å². The monoisotopic (exact) mass is 301 g/mol. The van der Waals surface area contributed by atoms with E-state index in [4.69, 9.17) is 11.6 Å². The number of hydrogen-bond acceptors (Lipinski definition) is 1. The van der Waals surface area contributed by atoms with Gasteiger partial charge in [-0.05, 0) is 48.4 Å². The van der Waals surface area contributed by atoms with E-state index in [1.165, 1.54) is 12.5 Å². The van der Waals surface area contributed by atoms with Gasteiger partial charge in [0.1, 0.15) is 0 Å². The van der Waals surface area contributed by atoms with E-state index in [9.17, 15) is 8.78 Å². The van der Waals surface area contributed by atoms with E-state index < -0.39 is 11.6 Å². The minimum atomic E-state index is -0.889. The van der Waals surface area contributed by atoms with Crippen LogP contribution in [-0.4, -0.2) is 6.54 Å². The molecule has 2 atom stereocenters. The van der Waals surface area contributed by atoms with Gasteiger partial charge < -0.3 is 5.32 Å². The second-order valence-electron chi connectivity index (χ2n) is 6.31. The fourth-order valence-corrected chi connectivity index (χ4v) is 3.70. The molecule has 0 saturated heterocycles. The van der Waals surface area contributed by atoms with Crippen molar-refractivity contribution in [2.75, 3.05) is 6.54 Å². The molecule has 1 fully saturated rings. The van der Waals surface area contributed by atoms with Crippen LogP contribution in [0.5, 0.6) is 0 Å². The van der Waals surface area contributed by atoms with E-state index in [0.717, 1.165) is 25.5 Å². The van der Waals surface area contributed by atoms with Gasteiger partial charge in [-0.25, -0.2) is 8.78 Å². The maximum atomic E-state index is 13.6. The highest BCUT2D eigenvalue weighted by atomic mass is 35.5. The summed E-state index contributed by atoms with van der Waals surface area (Å²) in [5, 5.41) is 3.71. The Kier molecular flexibility index (Phi) is 4.70. The summed E-state index contributed by atoms with van der Waals surface area (Å²) in [5.74, 6) is -1.34. The molecule has 2 rings (SSSR count). The SMILES string of the molecule is CCNC(c1cc(F)c(F)cc1Cl)C1CCCC1(C)C. The third kappa shape index (κ3) is 2.99. The molecule has 0 amide bonds. The van der Waals surface area contributed by atoms with Crippen LogP contribution < -0.4 is 5.32 Å². The summed E-state index contributed by atoms with van der Waals surface area (Å²) in [6.45, 7) is 7.26. The van der Waals surface area contributed by atoms with Crippen molar-refractivity contribution in [2.24, 2.45) is 11.3 Å². The van der Waals surface area contributed by atoms with Gasteiger partial charge in [0.25, 0.3) is 0 Å². The fourth-order valence-electron chi connectivity index (χ4n) is 3.44. The van der Waals surface area contributed by atoms with Crippen molar-refractivity contribution in [3.05, 3.63) is 34.4 Å². The van der Waals surface area contributed by atoms with Crippen LogP contribution in [0.1, 0.15) is 51.6 Å². The van der Waals surface area contributed by atoms with Crippen LogP contribution in [0, 0.1) is 23.0 Å². The minimum absolute atomic E-state index is 0.0277. The fraction of sp³-hybridized carbons (Fsp3) is 0.625. The van der Waals surface area contributed by atoms with E-state index in [2.05, 4.69) is 19.2 Å². The Morgan fingerprint density at radius 2 is 2.00 bits per heavy atom. The van der Waals surface area contributed by atoms with Crippen molar-refractivity contribution in [3.63, 3.8) is 0 Å². The molecule has 0 spiro atoms. The molecule has 20 heavy (non-hydrogen) atoms. The van der Waals surface area contributed by atoms with Gasteiger partial charge >= 0.3 is 0 Å². The second-order valence-corrected chi connectivity index (χ2v) is 6.72. The Bertz CT molecular complexity index is 488. The third-order valence-corrected chi connectivity index (χ3v) is 4.87. The zero-order valence-electron chi connectivity index (χ0n) is 12.3. The largest absolute Gasteiger partial charge is 0.310 e. The topological polar surface area (TPSA) is 12.0 Å². The smallest absolute Gasteiger partial charge is 0.160 e. The molecule has 0 aromatic heterocycles. The molecule has 2 unspecified atom stereocenters. The quantitative estimate of drug-likeness (QED) is 0.763. The maximum Gasteiger partial charge on any atom is 0.160 e. The van der Waals surface area contributed by atoms with Crippen molar-refractivity contribution in [1.29, 1.82) is 0 Å². The molecule has 1 saturated carbocycles. The van der Waals surface area contributed by atoms with Crippen molar-refractivity contribution in [1.82, 2.24) is 5.32 Å². The van der Waals surface area contributed by atoms with Crippen LogP contribution >= 0.6 is 11.6 Å². The summed E-state index contributed by atoms with van der Waals surface area (Å²) in [5.41, 5.74) is 0.855. The molecule has 0 bridgehead atoms. The lowest BCUT2D eigenvalue weighted by Gasteiger charge is -2.35. The Hall–Kier alpha value is -0.670. The number of hydrogen-bond donors (Lipinski definition) is 1. The van der Waals surface area contributed by atoms with Crippen LogP contribution in [0.15, 0.2) is 12.1 Å². The lowest BCUT2D eigenvalue weighted by Crippen LogP contribution is -2.34. The minimum Gasteiger partial charge on any atom is -0.310 e. The normalized spacial score (nSPS) is 23.0. The molecule has 1 N–H and O–H groups in total. The predicted molar refractivity (Wildman–Crippen MR) is 78.9 cm³/mol. The number of nitrogens with one attached hydrogen (secondary N) is 1. The zero-order chi connectivity index (χ0) is 14.9. The van der Waals surface area contributed by atoms with Crippen molar-refractivity contribution in [2.45, 2.75) is 46.1 Å². The molecule has 112 valence electrons. The van der Waals surface area contributed by atoms with E-state index in [1.54, 1.807) is 0 Å². The average Bonchev–Trinajstić information content (AvgIpc) is 2.71. The number of benzene rings is 1. The first-order valence-electron chi connectivity index (χ1n) is 7.24. The Morgan fingerprint density at radius 3 is 2.55 bits per heavy atom. The molecule has 1 aromatic rings. The lowest BCUT2D eigenvalue weighted by molar-refractivity contribution is 0.199. The summed E-state index contributed by atoms with van der Waals surface area (Å²) < 4.78 is 26.8. The zero-order valence-corrected chi connectivity index (χ0v) is 13.0. The Morgan fingerprint density at radius 1 is 1.35 bits per heavy atom. The second kappa shape index (κ2) is 5.98. The first-order chi connectivity index (χ1) is 9.36. The van der Waals surface area contributed by atoms with Crippen molar-refractivity contribution in [3.8, 4) is 0 Å². The van der Waals surface area contributed by atoms with Crippen LogP contribution in [0.2, 0.25) is 5.02 Å². The maximum absolute atomic E-state index is 13.6. The van der Waals surface area contributed by atoms with Gasteiger partial charge in [0.05, 0.1) is 0 Å². The van der Waals surface area contributed by atoms with E-state index in [1.807, 2.05) is 6.92 Å². The molecular formula is C16H22ClF2N. The molecule has 0 radical (unpaired) electrons. The summed E-state index contributed by atoms with van der Waals surface area (Å²) in [6, 6.07) is 2.30. The van der Waals surface area contributed by atoms with Gasteiger partial charge in [-0.3, -0.25) is 0 Å². The number of halogens is 3. The number of rotatable bonds is 4. The van der Waals surface area contributed by atoms with Crippen molar-refractivity contribution < 1.29 is 8.78 Å². The highest BCUT2D eigenvalue weighted by Gasteiger charge is 2.40. The molecule has 1 aliphatic carbocycles. The molecule has 1 aliphatic rings. The van der Waals surface area contributed by atoms with E-state index >= 15 is 0 Å². The highest BCUT2D eigenvalue weighted by Crippen LogP contribution is 2.49. The van der Waals surface area contributed by atoms with Gasteiger partial charge in [-0.1, -0.05) is 38.8 Å². The standard InChI is InChI=1S/C16H22ClF2N/c1-4-20-15(11-6-5-7-16(11,2)3)10-8-13(18)14(19)9-12(10)17/h8-9,11,15,20H,4-7H2,1-3H3. The van der Waals surface area contributed by atoms with Crippen molar-refractivity contribution >= 4 is 11.6 Å². The lowest BCUT2D eigenvalue weighted by atomic mass is 9.75. The summed E-state index contributed by atoms with van der Waals surface area (Å²) in [6.07, 6.45) is 3.40. The molecule has 4 heteroatoms. The molecule has 1 nitrogen and oxygen atoms in total. The van der Waals surface area contributed by atoms with Crippen LogP contribution in [0.25, 0.3) is 0 Å². The Balaban J connectivity index is 2.41. The highest BCUT2D eigenvalue weighted by molar-refractivity contribution is 6.31. The molecule has 1 aromatic carbocycles. The van der Waals surface area contributed by atoms with Crippen LogP contribution in [-0.2, 0) is 0 Å². The summed E-state index contributed by atoms with van der Waals surface area (Å²) in [4.78, 5) is 0. The van der Waals surface area contributed by atoms with Gasteiger partial charge in [0.15, 0.2) is 11.6 Å². The molecular weight excluding hydrogens is 280 g/mol. The molecule has 0 heterocycles. The summed E-state index contributed by atoms with van der Waals surface area (Å²) >= 11 is 6.16. The predicted octanol–water partition coefficient (Wildman–Crippen LogP) is 5.10. The third-order valence-electron chi connectivity index (χ3n) is 4.54. The van der Waals surface area contributed by atoms with E-state index in [-0.39, 0.29) is 11.5 Å².